The van der Waals surface area contributed by atoms with E-state index in [9.17, 15) is 0 Å². The number of methoxy groups -OCH3 is 1. The van der Waals surface area contributed by atoms with E-state index in [1.165, 1.54) is 0 Å². The summed E-state index contributed by atoms with van der Waals surface area (Å²) in [4.78, 5) is 12.6. The highest BCUT2D eigenvalue weighted by molar-refractivity contribution is 5.35. The number of aromatic nitrogens is 3. The summed E-state index contributed by atoms with van der Waals surface area (Å²) >= 11 is 0. The first-order valence-corrected chi connectivity index (χ1v) is 6.62. The highest BCUT2D eigenvalue weighted by Crippen LogP contribution is 2.20. The molecule has 2 heterocycles. The molecule has 2 atom stereocenters. The third kappa shape index (κ3) is 3.66. The van der Waals surface area contributed by atoms with Gasteiger partial charge in [0.1, 0.15) is 0 Å². The van der Waals surface area contributed by atoms with Crippen molar-refractivity contribution in [3.05, 3.63) is 0 Å². The predicted molar refractivity (Wildman–Crippen MR) is 72.6 cm³/mol. The van der Waals surface area contributed by atoms with E-state index in [4.69, 9.17) is 9.47 Å². The van der Waals surface area contributed by atoms with Crippen LogP contribution in [0.3, 0.4) is 0 Å². The van der Waals surface area contributed by atoms with Crippen LogP contribution in [0.2, 0.25) is 0 Å². The lowest BCUT2D eigenvalue weighted by molar-refractivity contribution is 0.108. The zero-order chi connectivity index (χ0) is 13.7. The van der Waals surface area contributed by atoms with Crippen LogP contribution >= 0.6 is 0 Å². The lowest BCUT2D eigenvalue weighted by Gasteiger charge is -2.15. The Bertz CT molecular complexity index is 415. The molecular formula is C12H21N5O2. The van der Waals surface area contributed by atoms with Crippen molar-refractivity contribution in [3.63, 3.8) is 0 Å². The first kappa shape index (κ1) is 13.8. The molecule has 0 amide bonds. The van der Waals surface area contributed by atoms with Crippen molar-refractivity contribution >= 4 is 11.9 Å². The molecule has 1 fully saturated rings. The number of anilines is 2. The molecule has 1 aliphatic rings. The number of hydrogen-bond donors (Lipinski definition) is 2. The van der Waals surface area contributed by atoms with Crippen LogP contribution in [0.25, 0.3) is 0 Å². The van der Waals surface area contributed by atoms with Gasteiger partial charge in [0.2, 0.25) is 11.9 Å². The van der Waals surface area contributed by atoms with Gasteiger partial charge in [-0.25, -0.2) is 0 Å². The lowest BCUT2D eigenvalue weighted by atomic mass is 10.0. The summed E-state index contributed by atoms with van der Waals surface area (Å²) in [6, 6.07) is 0.309. The average molecular weight is 267 g/mol. The van der Waals surface area contributed by atoms with Gasteiger partial charge in [0.15, 0.2) is 0 Å². The Morgan fingerprint density at radius 3 is 2.58 bits per heavy atom. The Kier molecular flexibility index (Phi) is 4.73. The van der Waals surface area contributed by atoms with Crippen LogP contribution < -0.4 is 15.4 Å². The first-order valence-electron chi connectivity index (χ1n) is 6.62. The van der Waals surface area contributed by atoms with Gasteiger partial charge in [-0.15, -0.1) is 0 Å². The summed E-state index contributed by atoms with van der Waals surface area (Å²) in [6.45, 7) is 6.45. The van der Waals surface area contributed by atoms with Crippen LogP contribution in [0.4, 0.5) is 11.9 Å². The van der Waals surface area contributed by atoms with E-state index >= 15 is 0 Å². The second kappa shape index (κ2) is 6.51. The van der Waals surface area contributed by atoms with E-state index in [2.05, 4.69) is 32.5 Å². The zero-order valence-electron chi connectivity index (χ0n) is 11.6. The Morgan fingerprint density at radius 1 is 1.26 bits per heavy atom. The standard InChI is InChI=1S/C12H21N5O2/c1-4-13-10-15-11(17-12(16-10)18-3)14-7-9-5-6-19-8(9)2/h8-9H,4-7H2,1-3H3,(H2,13,14,15,16,17). The fourth-order valence-electron chi connectivity index (χ4n) is 2.03. The zero-order valence-corrected chi connectivity index (χ0v) is 11.6. The molecule has 0 aliphatic carbocycles. The molecular weight excluding hydrogens is 246 g/mol. The van der Waals surface area contributed by atoms with Crippen molar-refractivity contribution in [2.45, 2.75) is 26.4 Å². The third-order valence-electron chi connectivity index (χ3n) is 3.19. The van der Waals surface area contributed by atoms with Gasteiger partial charge in [-0.2, -0.15) is 15.0 Å². The van der Waals surface area contributed by atoms with E-state index in [1.54, 1.807) is 7.11 Å². The number of hydrogen-bond acceptors (Lipinski definition) is 7. The topological polar surface area (TPSA) is 81.2 Å². The van der Waals surface area contributed by atoms with Crippen LogP contribution in [0.1, 0.15) is 20.3 Å². The minimum atomic E-state index is 0.282. The van der Waals surface area contributed by atoms with Gasteiger partial charge in [0.25, 0.3) is 0 Å². The van der Waals surface area contributed by atoms with Crippen LogP contribution in [-0.2, 0) is 4.74 Å². The van der Waals surface area contributed by atoms with Crippen LogP contribution in [0, 0.1) is 5.92 Å². The van der Waals surface area contributed by atoms with Crippen molar-refractivity contribution in [2.24, 2.45) is 5.92 Å². The minimum Gasteiger partial charge on any atom is -0.467 e. The molecule has 0 bridgehead atoms. The molecule has 0 radical (unpaired) electrons. The Hall–Kier alpha value is -1.63. The maximum Gasteiger partial charge on any atom is 0.322 e. The molecule has 0 spiro atoms. The van der Waals surface area contributed by atoms with E-state index in [0.29, 0.717) is 23.8 Å². The molecule has 0 saturated carbocycles. The molecule has 1 aromatic heterocycles. The van der Waals surface area contributed by atoms with Crippen molar-refractivity contribution in [1.82, 2.24) is 15.0 Å². The average Bonchev–Trinajstić information content (AvgIpc) is 2.82. The van der Waals surface area contributed by atoms with Gasteiger partial charge in [-0.3, -0.25) is 0 Å². The summed E-state index contributed by atoms with van der Waals surface area (Å²) in [5, 5.41) is 6.28. The SMILES string of the molecule is CCNc1nc(NCC2CCOC2C)nc(OC)n1. The maximum atomic E-state index is 5.53. The molecule has 0 aromatic carbocycles. The smallest absolute Gasteiger partial charge is 0.322 e. The van der Waals surface area contributed by atoms with Gasteiger partial charge in [0.05, 0.1) is 13.2 Å². The molecule has 1 saturated heterocycles. The molecule has 2 N–H and O–H groups in total. The molecule has 2 unspecified atom stereocenters. The second-order valence-corrected chi connectivity index (χ2v) is 4.51. The van der Waals surface area contributed by atoms with Crippen LogP contribution in [0.5, 0.6) is 6.01 Å². The molecule has 7 heteroatoms. The summed E-state index contributed by atoms with van der Waals surface area (Å²) in [7, 11) is 1.54. The summed E-state index contributed by atoms with van der Waals surface area (Å²) in [6.07, 6.45) is 1.35. The summed E-state index contributed by atoms with van der Waals surface area (Å²) in [5.74, 6) is 1.54. The Labute approximate surface area is 113 Å². The van der Waals surface area contributed by atoms with Crippen molar-refractivity contribution < 1.29 is 9.47 Å². The summed E-state index contributed by atoms with van der Waals surface area (Å²) in [5.41, 5.74) is 0. The second-order valence-electron chi connectivity index (χ2n) is 4.51. The van der Waals surface area contributed by atoms with Gasteiger partial charge < -0.3 is 20.1 Å². The van der Waals surface area contributed by atoms with Crippen molar-refractivity contribution in [3.8, 4) is 6.01 Å². The number of nitrogens with one attached hydrogen (secondary N) is 2. The van der Waals surface area contributed by atoms with Crippen LogP contribution in [0.15, 0.2) is 0 Å². The molecule has 7 nitrogen and oxygen atoms in total. The van der Waals surface area contributed by atoms with Crippen molar-refractivity contribution in [2.75, 3.05) is 37.4 Å². The highest BCUT2D eigenvalue weighted by Gasteiger charge is 2.24. The molecule has 106 valence electrons. The quantitative estimate of drug-likeness (QED) is 0.800. The largest absolute Gasteiger partial charge is 0.467 e. The highest BCUT2D eigenvalue weighted by atomic mass is 16.5. The monoisotopic (exact) mass is 267 g/mol. The van der Waals surface area contributed by atoms with Gasteiger partial charge in [0, 0.05) is 25.6 Å². The van der Waals surface area contributed by atoms with Gasteiger partial charge >= 0.3 is 6.01 Å². The first-order chi connectivity index (χ1) is 9.22. The van der Waals surface area contributed by atoms with Gasteiger partial charge in [-0.1, -0.05) is 0 Å². The number of ether oxygens (including phenoxy) is 2. The summed E-state index contributed by atoms with van der Waals surface area (Å²) < 4.78 is 10.6. The molecule has 1 aliphatic heterocycles. The minimum absolute atomic E-state index is 0.282. The van der Waals surface area contributed by atoms with Crippen molar-refractivity contribution in [1.29, 1.82) is 0 Å². The Balaban J connectivity index is 2.00. The number of rotatable bonds is 6. The van der Waals surface area contributed by atoms with Gasteiger partial charge in [-0.05, 0) is 20.3 Å². The van der Waals surface area contributed by atoms with E-state index < -0.39 is 0 Å². The number of nitrogens with zero attached hydrogens (tertiary/aromatic N) is 3. The molecule has 1 aromatic rings. The van der Waals surface area contributed by atoms with E-state index in [-0.39, 0.29) is 6.10 Å². The van der Waals surface area contributed by atoms with E-state index in [0.717, 1.165) is 26.1 Å². The fraction of sp³-hybridized carbons (Fsp3) is 0.750. The fourth-order valence-corrected chi connectivity index (χ4v) is 2.03. The lowest BCUT2D eigenvalue weighted by Crippen LogP contribution is -2.22. The van der Waals surface area contributed by atoms with Crippen LogP contribution in [-0.4, -0.2) is 47.9 Å². The maximum absolute atomic E-state index is 5.53. The Morgan fingerprint density at radius 2 is 2.00 bits per heavy atom. The molecule has 2 rings (SSSR count). The normalized spacial score (nSPS) is 22.3. The third-order valence-corrected chi connectivity index (χ3v) is 3.19. The molecule has 19 heavy (non-hydrogen) atoms. The predicted octanol–water partition coefficient (Wildman–Crippen LogP) is 1.15. The van der Waals surface area contributed by atoms with E-state index in [1.807, 2.05) is 6.92 Å².